The van der Waals surface area contributed by atoms with Crippen LogP contribution in [0.25, 0.3) is 0 Å². The number of rotatable bonds is 4. The summed E-state index contributed by atoms with van der Waals surface area (Å²) in [6.07, 6.45) is -0.373. The van der Waals surface area contributed by atoms with Crippen molar-refractivity contribution in [3.8, 4) is 11.5 Å². The molecule has 0 bridgehead atoms. The van der Waals surface area contributed by atoms with Gasteiger partial charge < -0.3 is 19.9 Å². The second kappa shape index (κ2) is 6.02. The minimum absolute atomic E-state index is 0.112. The van der Waals surface area contributed by atoms with E-state index in [1.54, 1.807) is 0 Å². The van der Waals surface area contributed by atoms with Crippen LogP contribution < -0.4 is 14.8 Å². The molecule has 0 radical (unpaired) electrons. The summed E-state index contributed by atoms with van der Waals surface area (Å²) >= 11 is 0. The summed E-state index contributed by atoms with van der Waals surface area (Å²) < 4.78 is 11.1. The fraction of sp³-hybridized carbons (Fsp3) is 0.625. The maximum atomic E-state index is 10.1. The third-order valence-corrected chi connectivity index (χ3v) is 3.68. The lowest BCUT2D eigenvalue weighted by Crippen LogP contribution is -2.37. The zero-order valence-electron chi connectivity index (χ0n) is 12.8. The van der Waals surface area contributed by atoms with E-state index in [-0.39, 0.29) is 17.6 Å². The highest BCUT2D eigenvalue weighted by molar-refractivity contribution is 5.44. The van der Waals surface area contributed by atoms with Gasteiger partial charge in [-0.2, -0.15) is 0 Å². The molecule has 0 amide bonds. The Labute approximate surface area is 121 Å². The van der Waals surface area contributed by atoms with E-state index < -0.39 is 0 Å². The van der Waals surface area contributed by atoms with Crippen molar-refractivity contribution in [3.05, 3.63) is 23.8 Å². The monoisotopic (exact) mass is 279 g/mol. The highest BCUT2D eigenvalue weighted by Gasteiger charge is 2.22. The minimum atomic E-state index is -0.373. The van der Waals surface area contributed by atoms with Gasteiger partial charge in [-0.05, 0) is 30.0 Å². The number of hydrogen-bond acceptors (Lipinski definition) is 4. The van der Waals surface area contributed by atoms with Crippen LogP contribution >= 0.6 is 0 Å². The number of benzene rings is 1. The van der Waals surface area contributed by atoms with Crippen LogP contribution in [0, 0.1) is 5.41 Å². The van der Waals surface area contributed by atoms with Gasteiger partial charge in [-0.15, -0.1) is 0 Å². The molecule has 0 aliphatic carbocycles. The van der Waals surface area contributed by atoms with Gasteiger partial charge in [0.05, 0.1) is 6.10 Å². The quantitative estimate of drug-likeness (QED) is 0.889. The van der Waals surface area contributed by atoms with Crippen molar-refractivity contribution in [1.29, 1.82) is 0 Å². The molecule has 0 spiro atoms. The van der Waals surface area contributed by atoms with Gasteiger partial charge in [0.25, 0.3) is 0 Å². The average Bonchev–Trinajstić information content (AvgIpc) is 2.42. The average molecular weight is 279 g/mol. The first-order valence-electron chi connectivity index (χ1n) is 7.19. The Morgan fingerprint density at radius 2 is 1.85 bits per heavy atom. The maximum absolute atomic E-state index is 10.1. The number of hydrogen-bond donors (Lipinski definition) is 2. The first-order valence-corrected chi connectivity index (χ1v) is 7.19. The van der Waals surface area contributed by atoms with E-state index in [2.05, 4.69) is 12.2 Å². The van der Waals surface area contributed by atoms with E-state index in [1.165, 1.54) is 0 Å². The highest BCUT2D eigenvalue weighted by Crippen LogP contribution is 2.32. The molecular weight excluding hydrogens is 254 g/mol. The van der Waals surface area contributed by atoms with Crippen LogP contribution in [-0.2, 0) is 0 Å². The summed E-state index contributed by atoms with van der Waals surface area (Å²) in [4.78, 5) is 0. The van der Waals surface area contributed by atoms with Crippen LogP contribution in [0.5, 0.6) is 11.5 Å². The predicted molar refractivity (Wildman–Crippen MR) is 79.3 cm³/mol. The van der Waals surface area contributed by atoms with Crippen molar-refractivity contribution in [2.45, 2.75) is 39.8 Å². The van der Waals surface area contributed by atoms with Gasteiger partial charge >= 0.3 is 0 Å². The fourth-order valence-electron chi connectivity index (χ4n) is 2.04. The summed E-state index contributed by atoms with van der Waals surface area (Å²) in [5, 5.41) is 13.4. The molecule has 2 unspecified atom stereocenters. The third kappa shape index (κ3) is 3.64. The Kier molecular flexibility index (Phi) is 4.55. The zero-order chi connectivity index (χ0) is 14.8. The van der Waals surface area contributed by atoms with Crippen LogP contribution in [0.4, 0.5) is 0 Å². The van der Waals surface area contributed by atoms with Crippen LogP contribution in [0.1, 0.15) is 39.3 Å². The molecule has 0 aromatic heterocycles. The summed E-state index contributed by atoms with van der Waals surface area (Å²) in [6, 6.07) is 6.15. The summed E-state index contributed by atoms with van der Waals surface area (Å²) in [5.41, 5.74) is 1.02. The van der Waals surface area contributed by atoms with Crippen molar-refractivity contribution in [3.63, 3.8) is 0 Å². The Morgan fingerprint density at radius 3 is 2.50 bits per heavy atom. The fourth-order valence-corrected chi connectivity index (χ4v) is 2.04. The summed E-state index contributed by atoms with van der Waals surface area (Å²) in [7, 11) is 0. The van der Waals surface area contributed by atoms with Crippen LogP contribution in [0.15, 0.2) is 18.2 Å². The molecule has 1 aliphatic heterocycles. The molecule has 1 aromatic rings. The molecule has 20 heavy (non-hydrogen) atoms. The first-order chi connectivity index (χ1) is 9.38. The lowest BCUT2D eigenvalue weighted by Gasteiger charge is -2.28. The first kappa shape index (κ1) is 15.1. The molecule has 1 aromatic carbocycles. The predicted octanol–water partition coefficient (Wildman–Crippen LogP) is 2.52. The van der Waals surface area contributed by atoms with Gasteiger partial charge in [-0.3, -0.25) is 0 Å². The zero-order valence-corrected chi connectivity index (χ0v) is 12.8. The highest BCUT2D eigenvalue weighted by atomic mass is 16.6. The topological polar surface area (TPSA) is 50.7 Å². The Balaban J connectivity index is 1.97. The third-order valence-electron chi connectivity index (χ3n) is 3.68. The van der Waals surface area contributed by atoms with Crippen molar-refractivity contribution < 1.29 is 14.6 Å². The molecule has 1 aliphatic rings. The smallest absolute Gasteiger partial charge is 0.161 e. The van der Waals surface area contributed by atoms with Crippen molar-refractivity contribution >= 4 is 0 Å². The van der Waals surface area contributed by atoms with Gasteiger partial charge in [0.1, 0.15) is 13.2 Å². The van der Waals surface area contributed by atoms with Crippen molar-refractivity contribution in [2.24, 2.45) is 5.41 Å². The van der Waals surface area contributed by atoms with E-state index >= 15 is 0 Å². The van der Waals surface area contributed by atoms with Gasteiger partial charge in [0.15, 0.2) is 11.5 Å². The van der Waals surface area contributed by atoms with Crippen LogP contribution in [-0.4, -0.2) is 31.0 Å². The lowest BCUT2D eigenvalue weighted by molar-refractivity contribution is 0.0609. The summed E-state index contributed by atoms with van der Waals surface area (Å²) in [6.45, 7) is 9.97. The largest absolute Gasteiger partial charge is 0.486 e. The lowest BCUT2D eigenvalue weighted by atomic mass is 9.89. The van der Waals surface area contributed by atoms with E-state index in [9.17, 15) is 5.11 Å². The van der Waals surface area contributed by atoms with Gasteiger partial charge in [-0.1, -0.05) is 26.8 Å². The van der Waals surface area contributed by atoms with E-state index in [0.29, 0.717) is 19.8 Å². The van der Waals surface area contributed by atoms with Crippen LogP contribution in [0.2, 0.25) is 0 Å². The van der Waals surface area contributed by atoms with Crippen LogP contribution in [0.3, 0.4) is 0 Å². The molecule has 0 saturated heterocycles. The Hall–Kier alpha value is -1.26. The number of nitrogens with one attached hydrogen (secondary N) is 1. The molecule has 2 N–H and O–H groups in total. The molecule has 0 fully saturated rings. The van der Waals surface area contributed by atoms with E-state index in [1.807, 2.05) is 39.0 Å². The maximum Gasteiger partial charge on any atom is 0.161 e. The molecule has 4 heteroatoms. The van der Waals surface area contributed by atoms with Crippen molar-refractivity contribution in [2.75, 3.05) is 19.8 Å². The number of ether oxygens (including phenoxy) is 2. The molecule has 2 rings (SSSR count). The SMILES string of the molecule is CC(NCC(O)C(C)(C)C)c1ccc2c(c1)OCCO2. The van der Waals surface area contributed by atoms with Gasteiger partial charge in [0, 0.05) is 12.6 Å². The second-order valence-electron chi connectivity index (χ2n) is 6.41. The van der Waals surface area contributed by atoms with E-state index in [0.717, 1.165) is 17.1 Å². The Bertz CT molecular complexity index is 454. The molecule has 4 nitrogen and oxygen atoms in total. The Morgan fingerprint density at radius 1 is 1.20 bits per heavy atom. The number of aliphatic hydroxyl groups excluding tert-OH is 1. The molecular formula is C16H25NO3. The normalized spacial score (nSPS) is 17.6. The van der Waals surface area contributed by atoms with Gasteiger partial charge in [-0.25, -0.2) is 0 Å². The number of fused-ring (bicyclic) bond motifs is 1. The number of aliphatic hydroxyl groups is 1. The standard InChI is InChI=1S/C16H25NO3/c1-11(17-10-15(18)16(2,3)4)12-5-6-13-14(9-12)20-8-7-19-13/h5-6,9,11,15,17-18H,7-8,10H2,1-4H3. The molecule has 0 saturated carbocycles. The minimum Gasteiger partial charge on any atom is -0.486 e. The molecule has 112 valence electrons. The van der Waals surface area contributed by atoms with Gasteiger partial charge in [0.2, 0.25) is 0 Å². The summed E-state index contributed by atoms with van der Waals surface area (Å²) in [5.74, 6) is 1.61. The van der Waals surface area contributed by atoms with Crippen molar-refractivity contribution in [1.82, 2.24) is 5.32 Å². The molecule has 1 heterocycles. The second-order valence-corrected chi connectivity index (χ2v) is 6.41. The van der Waals surface area contributed by atoms with E-state index in [4.69, 9.17) is 9.47 Å². The molecule has 2 atom stereocenters.